The number of aromatic nitrogens is 1. The van der Waals surface area contributed by atoms with Gasteiger partial charge in [-0.2, -0.15) is 0 Å². The zero-order valence-electron chi connectivity index (χ0n) is 17.3. The summed E-state index contributed by atoms with van der Waals surface area (Å²) in [4.78, 5) is 38.8. The van der Waals surface area contributed by atoms with Crippen LogP contribution >= 0.6 is 0 Å². The number of allylic oxidation sites excluding steroid dienone is 2. The van der Waals surface area contributed by atoms with E-state index in [1.165, 1.54) is 24.1 Å². The minimum Gasteiger partial charge on any atom is -0.339 e. The number of fused-ring (bicyclic) bond motifs is 2. The van der Waals surface area contributed by atoms with Gasteiger partial charge in [-0.3, -0.25) is 19.6 Å². The number of amides is 2. The van der Waals surface area contributed by atoms with Crippen LogP contribution in [0.25, 0.3) is 0 Å². The first kappa shape index (κ1) is 18.5. The molecular weight excluding hydrogens is 364 g/mol. The number of hydrogen-bond donors (Lipinski definition) is 0. The van der Waals surface area contributed by atoms with Crippen molar-refractivity contribution in [2.45, 2.75) is 57.8 Å². The Labute approximate surface area is 171 Å². The smallest absolute Gasteiger partial charge is 0.241 e. The molecule has 2 amide bonds. The van der Waals surface area contributed by atoms with Crippen LogP contribution in [0.2, 0.25) is 0 Å². The van der Waals surface area contributed by atoms with Crippen molar-refractivity contribution in [2.24, 2.45) is 10.9 Å². The van der Waals surface area contributed by atoms with Crippen molar-refractivity contribution in [2.75, 3.05) is 24.5 Å². The standard InChI is InChI=1S/C23H28N4O2/c1-15-5-3-4-6-19(15)25-16(2)12-27-20-11-24-10-9-18(20)23(22(27)29)13-26(14-23)21(28)17-7-8-17/h9-11,17H,3-8,12-14H2,1-2H3/b25-16+. The maximum Gasteiger partial charge on any atom is 0.241 e. The van der Waals surface area contributed by atoms with E-state index in [1.807, 2.05) is 22.8 Å². The zero-order chi connectivity index (χ0) is 20.2. The molecule has 6 heteroatoms. The summed E-state index contributed by atoms with van der Waals surface area (Å²) >= 11 is 0. The van der Waals surface area contributed by atoms with Gasteiger partial charge >= 0.3 is 0 Å². The largest absolute Gasteiger partial charge is 0.339 e. The van der Waals surface area contributed by atoms with Crippen LogP contribution in [0.3, 0.4) is 0 Å². The average molecular weight is 393 g/mol. The Hall–Kier alpha value is -2.50. The quantitative estimate of drug-likeness (QED) is 0.739. The van der Waals surface area contributed by atoms with Crippen LogP contribution in [-0.4, -0.2) is 47.0 Å². The Morgan fingerprint density at radius 2 is 2.03 bits per heavy atom. The molecule has 0 aromatic carbocycles. The monoisotopic (exact) mass is 392 g/mol. The van der Waals surface area contributed by atoms with Crippen LogP contribution in [0, 0.1) is 5.92 Å². The molecule has 5 rings (SSSR count). The van der Waals surface area contributed by atoms with E-state index in [-0.39, 0.29) is 17.7 Å². The number of rotatable bonds is 4. The topological polar surface area (TPSA) is 65.9 Å². The fourth-order valence-corrected chi connectivity index (χ4v) is 4.99. The highest BCUT2D eigenvalue weighted by Crippen LogP contribution is 2.48. The van der Waals surface area contributed by atoms with Crippen LogP contribution in [0.4, 0.5) is 5.69 Å². The molecule has 0 unspecified atom stereocenters. The molecule has 1 saturated heterocycles. The van der Waals surface area contributed by atoms with Gasteiger partial charge < -0.3 is 9.80 Å². The van der Waals surface area contributed by atoms with Crippen molar-refractivity contribution in [3.8, 4) is 0 Å². The first-order chi connectivity index (χ1) is 14.0. The number of nitrogens with zero attached hydrogens (tertiary/aromatic N) is 4. The second-order valence-corrected chi connectivity index (χ2v) is 9.12. The first-order valence-corrected chi connectivity index (χ1v) is 10.8. The highest BCUT2D eigenvalue weighted by atomic mass is 16.2. The van der Waals surface area contributed by atoms with E-state index in [4.69, 9.17) is 4.99 Å². The Kier molecular flexibility index (Phi) is 4.33. The predicted octanol–water partition coefficient (Wildman–Crippen LogP) is 3.23. The van der Waals surface area contributed by atoms with E-state index in [2.05, 4.69) is 11.9 Å². The number of pyridine rings is 1. The molecule has 0 N–H and O–H groups in total. The number of hydrogen-bond acceptors (Lipinski definition) is 4. The molecule has 1 aromatic rings. The normalized spacial score (nSPS) is 23.5. The van der Waals surface area contributed by atoms with Gasteiger partial charge in [-0.25, -0.2) is 0 Å². The van der Waals surface area contributed by atoms with Crippen molar-refractivity contribution < 1.29 is 9.59 Å². The Morgan fingerprint density at radius 1 is 1.28 bits per heavy atom. The SMILES string of the molecule is CC1=C(/N=C(\C)CN2C(=O)C3(CN(C(=O)C4CC4)C3)c3ccncc32)CCCC1. The number of carbonyl (C=O) groups excluding carboxylic acids is 2. The molecule has 6 nitrogen and oxygen atoms in total. The van der Waals surface area contributed by atoms with E-state index >= 15 is 0 Å². The maximum atomic E-state index is 13.5. The highest BCUT2D eigenvalue weighted by molar-refractivity contribution is 6.12. The second-order valence-electron chi connectivity index (χ2n) is 9.12. The predicted molar refractivity (Wildman–Crippen MR) is 112 cm³/mol. The summed E-state index contributed by atoms with van der Waals surface area (Å²) in [5.41, 5.74) is 4.80. The minimum absolute atomic E-state index is 0.0873. The Bertz CT molecular complexity index is 938. The van der Waals surface area contributed by atoms with E-state index in [9.17, 15) is 9.59 Å². The van der Waals surface area contributed by atoms with E-state index in [0.29, 0.717) is 19.6 Å². The molecule has 0 bridgehead atoms. The molecule has 3 heterocycles. The first-order valence-electron chi connectivity index (χ1n) is 10.8. The zero-order valence-corrected chi connectivity index (χ0v) is 17.3. The minimum atomic E-state index is -0.594. The molecule has 29 heavy (non-hydrogen) atoms. The number of aliphatic imine (C=N–C) groups is 1. The third-order valence-corrected chi connectivity index (χ3v) is 6.84. The van der Waals surface area contributed by atoms with Crippen LogP contribution in [0.1, 0.15) is 57.9 Å². The number of likely N-dealkylation sites (tertiary alicyclic amines) is 1. The molecule has 4 aliphatic rings. The van der Waals surface area contributed by atoms with Gasteiger partial charge in [0.2, 0.25) is 11.8 Å². The molecule has 2 fully saturated rings. The van der Waals surface area contributed by atoms with E-state index in [0.717, 1.165) is 42.6 Å². The average Bonchev–Trinajstić information content (AvgIpc) is 3.49. The van der Waals surface area contributed by atoms with Gasteiger partial charge in [0.1, 0.15) is 5.41 Å². The summed E-state index contributed by atoms with van der Waals surface area (Å²) < 4.78 is 0. The van der Waals surface area contributed by atoms with Gasteiger partial charge in [-0.05, 0) is 64.0 Å². The summed E-state index contributed by atoms with van der Waals surface area (Å²) in [6.45, 7) is 5.64. The van der Waals surface area contributed by atoms with E-state index < -0.39 is 5.41 Å². The van der Waals surface area contributed by atoms with Crippen molar-refractivity contribution in [1.82, 2.24) is 9.88 Å². The molecule has 0 radical (unpaired) electrons. The molecule has 1 saturated carbocycles. The third kappa shape index (κ3) is 3.00. The summed E-state index contributed by atoms with van der Waals surface area (Å²) in [7, 11) is 0. The molecule has 0 atom stereocenters. The van der Waals surface area contributed by atoms with E-state index in [1.54, 1.807) is 12.4 Å². The summed E-state index contributed by atoms with van der Waals surface area (Å²) in [5.74, 6) is 0.498. The van der Waals surface area contributed by atoms with Crippen LogP contribution in [0.15, 0.2) is 34.7 Å². The number of anilines is 1. The third-order valence-electron chi connectivity index (χ3n) is 6.84. The lowest BCUT2D eigenvalue weighted by molar-refractivity contribution is -0.145. The van der Waals surface area contributed by atoms with Gasteiger partial charge in [-0.1, -0.05) is 5.57 Å². The van der Waals surface area contributed by atoms with Gasteiger partial charge in [0.25, 0.3) is 0 Å². The molecule has 2 aliphatic heterocycles. The van der Waals surface area contributed by atoms with Crippen molar-refractivity contribution in [3.63, 3.8) is 0 Å². The summed E-state index contributed by atoms with van der Waals surface area (Å²) in [6.07, 6.45) is 10.1. The van der Waals surface area contributed by atoms with Crippen LogP contribution in [-0.2, 0) is 15.0 Å². The van der Waals surface area contributed by atoms with Crippen LogP contribution < -0.4 is 4.90 Å². The van der Waals surface area contributed by atoms with Gasteiger partial charge in [0, 0.05) is 36.6 Å². The lowest BCUT2D eigenvalue weighted by Crippen LogP contribution is -2.65. The highest BCUT2D eigenvalue weighted by Gasteiger charge is 2.60. The second kappa shape index (κ2) is 6.78. The fourth-order valence-electron chi connectivity index (χ4n) is 4.99. The lowest BCUT2D eigenvalue weighted by Gasteiger charge is -2.47. The molecule has 2 aliphatic carbocycles. The lowest BCUT2D eigenvalue weighted by atomic mass is 9.74. The summed E-state index contributed by atoms with van der Waals surface area (Å²) in [6, 6.07) is 1.95. The Balaban J connectivity index is 1.39. The van der Waals surface area contributed by atoms with Gasteiger partial charge in [0.15, 0.2) is 0 Å². The summed E-state index contributed by atoms with van der Waals surface area (Å²) in [5, 5.41) is 0. The molecular formula is C23H28N4O2. The van der Waals surface area contributed by atoms with Gasteiger partial charge in [-0.15, -0.1) is 0 Å². The molecule has 152 valence electrons. The molecule has 1 spiro atoms. The maximum absolute atomic E-state index is 13.5. The Morgan fingerprint density at radius 3 is 2.76 bits per heavy atom. The van der Waals surface area contributed by atoms with Crippen LogP contribution in [0.5, 0.6) is 0 Å². The fraction of sp³-hybridized carbons (Fsp3) is 0.565. The number of carbonyl (C=O) groups is 2. The van der Waals surface area contributed by atoms with Crippen molar-refractivity contribution >= 4 is 23.2 Å². The molecule has 1 aromatic heterocycles. The van der Waals surface area contributed by atoms with Crippen molar-refractivity contribution in [1.29, 1.82) is 0 Å². The van der Waals surface area contributed by atoms with Crippen molar-refractivity contribution in [3.05, 3.63) is 35.3 Å². The van der Waals surface area contributed by atoms with Gasteiger partial charge in [0.05, 0.1) is 18.4 Å².